The van der Waals surface area contributed by atoms with Gasteiger partial charge in [0.05, 0.1) is 25.5 Å². The van der Waals surface area contributed by atoms with E-state index in [4.69, 9.17) is 39.5 Å². The van der Waals surface area contributed by atoms with Gasteiger partial charge in [0.15, 0.2) is 30.0 Å². The number of halogens is 1. The minimum Gasteiger partial charge on any atom is -0.455 e. The van der Waals surface area contributed by atoms with E-state index in [1.165, 1.54) is 41.2 Å². The molecule has 2 unspecified atom stereocenters. The zero-order valence-corrected chi connectivity index (χ0v) is 39.1. The van der Waals surface area contributed by atoms with Gasteiger partial charge in [0.2, 0.25) is 0 Å². The van der Waals surface area contributed by atoms with Crippen molar-refractivity contribution in [1.82, 2.24) is 34.0 Å². The van der Waals surface area contributed by atoms with Crippen LogP contribution in [0.25, 0.3) is 11.2 Å². The van der Waals surface area contributed by atoms with Crippen molar-refractivity contribution in [3.05, 3.63) is 101 Å². The number of aromatic nitrogens is 6. The van der Waals surface area contributed by atoms with Gasteiger partial charge in [0.1, 0.15) is 72.9 Å². The van der Waals surface area contributed by atoms with Crippen LogP contribution in [0, 0.1) is 5.82 Å². The Bertz CT molecular complexity index is 2910. The van der Waals surface area contributed by atoms with Gasteiger partial charge in [-0.1, -0.05) is 24.3 Å². The van der Waals surface area contributed by atoms with Crippen molar-refractivity contribution in [3.8, 4) is 0 Å². The number of phosphoric ester groups is 2. The average molecular weight is 1050 g/mol. The molecule has 0 radical (unpaired) electrons. The van der Waals surface area contributed by atoms with E-state index in [9.17, 15) is 57.6 Å². The Kier molecular flexibility index (Phi) is 15.7. The molecule has 11 atom stereocenters. The maximum atomic E-state index is 14.0. The molecule has 28 nitrogen and oxygen atoms in total. The quantitative estimate of drug-likeness (QED) is 0.0319. The van der Waals surface area contributed by atoms with Crippen molar-refractivity contribution >= 4 is 62.5 Å². The summed E-state index contributed by atoms with van der Waals surface area (Å²) in [7, 11) is -10.6. The Labute approximate surface area is 405 Å². The first-order valence-corrected chi connectivity index (χ1v) is 24.8. The number of benzene rings is 2. The van der Waals surface area contributed by atoms with Crippen molar-refractivity contribution < 1.29 is 85.3 Å². The molecular weight excluding hydrogens is 1000 g/mol. The highest BCUT2D eigenvalue weighted by Gasteiger charge is 2.53. The molecule has 386 valence electrons. The second-order valence-corrected chi connectivity index (χ2v) is 19.2. The Morgan fingerprint density at radius 2 is 1.60 bits per heavy atom. The smallest absolute Gasteiger partial charge is 0.455 e. The number of likely N-dealkylation sites (tertiary alicyclic amines) is 1. The molecule has 0 bridgehead atoms. The van der Waals surface area contributed by atoms with Gasteiger partial charge in [0.25, 0.3) is 0 Å². The molecule has 0 aliphatic carbocycles. The summed E-state index contributed by atoms with van der Waals surface area (Å²) in [6.45, 7) is -1.91. The zero-order chi connectivity index (χ0) is 51.5. The number of anilines is 3. The maximum Gasteiger partial charge on any atom is 0.472 e. The maximum absolute atomic E-state index is 14.0. The second kappa shape index (κ2) is 21.8. The van der Waals surface area contributed by atoms with Gasteiger partial charge in [-0.15, -0.1) is 0 Å². The molecule has 10 N–H and O–H groups in total. The van der Waals surface area contributed by atoms with Crippen molar-refractivity contribution in [2.75, 3.05) is 43.1 Å². The number of nitrogens with two attached hydrogens (primary N) is 2. The van der Waals surface area contributed by atoms with E-state index in [0.717, 1.165) is 28.3 Å². The van der Waals surface area contributed by atoms with Gasteiger partial charge in [-0.3, -0.25) is 27.6 Å². The molecule has 2 aromatic carbocycles. The average Bonchev–Trinajstić information content (AvgIpc) is 4.14. The number of amides is 1. The molecule has 8 rings (SSSR count). The third-order valence-electron chi connectivity index (χ3n) is 11.8. The molecule has 3 saturated heterocycles. The first kappa shape index (κ1) is 52.0. The molecule has 72 heavy (non-hydrogen) atoms. The van der Waals surface area contributed by atoms with E-state index in [1.807, 2.05) is 0 Å². The van der Waals surface area contributed by atoms with Crippen molar-refractivity contribution in [3.63, 3.8) is 0 Å². The number of aliphatic hydroxyl groups is 2. The number of nitrogens with one attached hydrogen (secondary N) is 1. The summed E-state index contributed by atoms with van der Waals surface area (Å²) in [4.78, 5) is 98.3. The third kappa shape index (κ3) is 11.9. The summed E-state index contributed by atoms with van der Waals surface area (Å²) in [5, 5.41) is 26.1. The minimum atomic E-state index is -5.45. The minimum absolute atomic E-state index is 0.0270. The van der Waals surface area contributed by atoms with E-state index in [1.54, 1.807) is 24.3 Å². The number of nitrogens with zero attached hydrogens (tertiary/aromatic N) is 7. The summed E-state index contributed by atoms with van der Waals surface area (Å²) in [6, 6.07) is 12.3. The van der Waals surface area contributed by atoms with E-state index >= 15 is 0 Å². The number of hydrogen-bond donors (Lipinski definition) is 8. The Hall–Kier alpha value is -6.33. The van der Waals surface area contributed by atoms with E-state index in [0.29, 0.717) is 23.2 Å². The highest BCUT2D eigenvalue weighted by atomic mass is 31.2. The van der Waals surface area contributed by atoms with Crippen LogP contribution in [0.2, 0.25) is 0 Å². The Morgan fingerprint density at radius 3 is 2.29 bits per heavy atom. The van der Waals surface area contributed by atoms with Crippen LogP contribution < -0.4 is 22.5 Å². The number of aldehydes is 1. The van der Waals surface area contributed by atoms with Crippen molar-refractivity contribution in [1.29, 1.82) is 0 Å². The second-order valence-electron chi connectivity index (χ2n) is 16.5. The number of esters is 1. The van der Waals surface area contributed by atoms with Crippen LogP contribution in [0.3, 0.4) is 0 Å². The van der Waals surface area contributed by atoms with E-state index < -0.39 is 113 Å². The monoisotopic (exact) mass is 1050 g/mol. The number of carbonyl (C=O) groups is 3. The lowest BCUT2D eigenvalue weighted by Gasteiger charge is -2.27. The third-order valence-corrected chi connectivity index (χ3v) is 13.3. The largest absolute Gasteiger partial charge is 0.472 e. The number of imidazole rings is 1. The van der Waals surface area contributed by atoms with Crippen LogP contribution in [-0.4, -0.2) is 146 Å². The van der Waals surface area contributed by atoms with E-state index in [2.05, 4.69) is 29.8 Å². The van der Waals surface area contributed by atoms with Crippen LogP contribution >= 0.6 is 15.6 Å². The summed E-state index contributed by atoms with van der Waals surface area (Å²) >= 11 is 0. The molecule has 5 aromatic rings. The highest BCUT2D eigenvalue weighted by Crippen LogP contribution is 2.50. The molecular formula is C41H47FN10O18P2. The number of nitrogen functional groups attached to an aromatic ring is 2. The molecule has 3 aromatic heterocycles. The molecule has 0 saturated carbocycles. The number of aliphatic hydroxyl groups excluding tert-OH is 2. The molecule has 0 spiro atoms. The topological polar surface area (TPSA) is 397 Å². The van der Waals surface area contributed by atoms with Crippen LogP contribution in [0.4, 0.5) is 26.5 Å². The van der Waals surface area contributed by atoms with Crippen LogP contribution in [0.1, 0.15) is 42.3 Å². The number of carbonyl (C=O) groups excluding carboxylic acids is 3. The van der Waals surface area contributed by atoms with Gasteiger partial charge in [-0.05, 0) is 54.3 Å². The highest BCUT2D eigenvalue weighted by molar-refractivity contribution is 7.47. The number of rotatable bonds is 19. The van der Waals surface area contributed by atoms with Crippen molar-refractivity contribution in [2.45, 2.75) is 80.5 Å². The van der Waals surface area contributed by atoms with E-state index in [-0.39, 0.29) is 48.9 Å². The molecule has 3 aliphatic rings. The number of ether oxygens (including phenoxy) is 4. The lowest BCUT2D eigenvalue weighted by atomic mass is 10.0. The SMILES string of the molecule is Nc1ccn([C@@H]2O[C@H](COP(=O)(O)O)[C@@H](OP(=O)(O)OC[C@H]3O[C@@H](n4cnc5c(N)ncnc54)[C@H](O)[C@@H]3OC(=O)[C@@H]3CCCN3C(=O)OCc3ccc(NCC(C=O)c4ccc(F)cc4)cc3)[C@H]2O)c(=O)n1. The lowest BCUT2D eigenvalue weighted by Crippen LogP contribution is -2.46. The molecule has 1 amide bonds. The van der Waals surface area contributed by atoms with Gasteiger partial charge < -0.3 is 65.4 Å². The predicted molar refractivity (Wildman–Crippen MR) is 241 cm³/mol. The molecule has 3 aliphatic heterocycles. The first-order valence-electron chi connectivity index (χ1n) is 21.8. The fourth-order valence-electron chi connectivity index (χ4n) is 8.21. The summed E-state index contributed by atoms with van der Waals surface area (Å²) < 4.78 is 78.6. The standard InChI is InChI=1S/C41H47FN10O18P2/c42-24-7-5-22(6-8-24)23(15-53)14-45-25-9-3-21(4-10-25)16-64-41(58)50-12-1-2-26(50)39(56)69-33-27(67-38(31(33)54)52-20-48-30-35(44)46-19-47-36(30)52)18-66-72(62,63)70-34-28(17-65-71(59,60)61)68-37(32(34)55)51-13-11-29(43)49-40(51)57/h3-11,13,15,19-20,23,26-28,31-34,37-38,45,54-55H,1-2,12,14,16-18H2,(H,62,63)(H2,43,49,57)(H2,44,46,47)(H2,59,60,61)/t23?,26-,27+,28+,31+,32+,33+,34+,37+,38+/m0/s1. The van der Waals surface area contributed by atoms with Gasteiger partial charge in [0, 0.05) is 25.0 Å². The Balaban J connectivity index is 0.936. The lowest BCUT2D eigenvalue weighted by molar-refractivity contribution is -0.161. The molecule has 6 heterocycles. The number of phosphoric acid groups is 2. The number of fused-ring (bicyclic) bond motifs is 1. The van der Waals surface area contributed by atoms with Gasteiger partial charge in [-0.25, -0.2) is 42.9 Å². The fourth-order valence-corrected chi connectivity index (χ4v) is 9.52. The van der Waals surface area contributed by atoms with Crippen LogP contribution in [-0.2, 0) is 57.8 Å². The fraction of sp³-hybridized carbons (Fsp3) is 0.415. The van der Waals surface area contributed by atoms with Crippen molar-refractivity contribution in [2.24, 2.45) is 0 Å². The van der Waals surface area contributed by atoms with Gasteiger partial charge >= 0.3 is 33.4 Å². The first-order chi connectivity index (χ1) is 34.3. The van der Waals surface area contributed by atoms with Gasteiger partial charge in [-0.2, -0.15) is 4.98 Å². The van der Waals surface area contributed by atoms with Crippen LogP contribution in [0.5, 0.6) is 0 Å². The summed E-state index contributed by atoms with van der Waals surface area (Å²) in [5.74, 6) is -2.20. The number of hydrogen-bond acceptors (Lipinski definition) is 22. The molecule has 3 fully saturated rings. The normalized spacial score (nSPS) is 25.5. The molecule has 31 heteroatoms. The van der Waals surface area contributed by atoms with Crippen LogP contribution in [0.15, 0.2) is 78.2 Å². The summed E-state index contributed by atoms with van der Waals surface area (Å²) in [5.41, 5.74) is 12.5. The zero-order valence-electron chi connectivity index (χ0n) is 37.3. The Morgan fingerprint density at radius 1 is 0.917 bits per heavy atom. The predicted octanol–water partition coefficient (Wildman–Crippen LogP) is 0.622. The summed E-state index contributed by atoms with van der Waals surface area (Å²) in [6.07, 6.45) is -10.3.